The van der Waals surface area contributed by atoms with Gasteiger partial charge in [-0.2, -0.15) is 0 Å². The number of hydrogen-bond acceptors (Lipinski definition) is 2. The third-order valence-corrected chi connectivity index (χ3v) is 3.29. The molecule has 0 aromatic heterocycles. The fraction of sp³-hybridized carbons (Fsp3) is 0.538. The zero-order chi connectivity index (χ0) is 12.7. The summed E-state index contributed by atoms with van der Waals surface area (Å²) in [6.07, 6.45) is 5.70. The number of halogens is 2. The van der Waals surface area contributed by atoms with E-state index < -0.39 is 0 Å². The Balaban J connectivity index is 2.59. The minimum Gasteiger partial charge on any atom is -0.271 e. The van der Waals surface area contributed by atoms with Crippen LogP contribution in [-0.2, 0) is 0 Å². The molecule has 0 heterocycles. The highest BCUT2D eigenvalue weighted by atomic mass is 79.9. The maximum atomic E-state index is 13.3. The van der Waals surface area contributed by atoms with Crippen molar-refractivity contribution in [2.24, 2.45) is 5.84 Å². The van der Waals surface area contributed by atoms with Gasteiger partial charge >= 0.3 is 0 Å². The van der Waals surface area contributed by atoms with E-state index in [4.69, 9.17) is 5.84 Å². The van der Waals surface area contributed by atoms with E-state index in [0.29, 0.717) is 0 Å². The largest absolute Gasteiger partial charge is 0.271 e. The van der Waals surface area contributed by atoms with Crippen LogP contribution in [0.15, 0.2) is 22.7 Å². The van der Waals surface area contributed by atoms with E-state index in [2.05, 4.69) is 28.3 Å². The van der Waals surface area contributed by atoms with Crippen molar-refractivity contribution in [1.29, 1.82) is 0 Å². The highest BCUT2D eigenvalue weighted by Gasteiger charge is 2.11. The monoisotopic (exact) mass is 302 g/mol. The molecule has 0 radical (unpaired) electrons. The van der Waals surface area contributed by atoms with Gasteiger partial charge in [0.15, 0.2) is 0 Å². The van der Waals surface area contributed by atoms with Crippen molar-refractivity contribution in [2.45, 2.75) is 45.1 Å². The normalized spacial score (nSPS) is 12.7. The molecule has 1 aromatic carbocycles. The van der Waals surface area contributed by atoms with Crippen molar-refractivity contribution >= 4 is 15.9 Å². The van der Waals surface area contributed by atoms with Crippen LogP contribution in [0.3, 0.4) is 0 Å². The second-order valence-corrected chi connectivity index (χ2v) is 5.19. The molecule has 0 amide bonds. The summed E-state index contributed by atoms with van der Waals surface area (Å²) in [6, 6.07) is 4.93. The number of rotatable bonds is 7. The Bertz CT molecular complexity index is 324. The molecule has 0 fully saturated rings. The minimum atomic E-state index is -0.233. The quantitative estimate of drug-likeness (QED) is 0.453. The van der Waals surface area contributed by atoms with Gasteiger partial charge in [-0.25, -0.2) is 4.39 Å². The fourth-order valence-corrected chi connectivity index (χ4v) is 2.38. The summed E-state index contributed by atoms with van der Waals surface area (Å²) in [4.78, 5) is 0. The number of hydrogen-bond donors (Lipinski definition) is 2. The van der Waals surface area contributed by atoms with E-state index in [0.717, 1.165) is 22.9 Å². The molecular formula is C13H20BrFN2. The van der Waals surface area contributed by atoms with Gasteiger partial charge in [-0.15, -0.1) is 0 Å². The predicted molar refractivity (Wildman–Crippen MR) is 72.9 cm³/mol. The van der Waals surface area contributed by atoms with Gasteiger partial charge in [0.1, 0.15) is 5.82 Å². The van der Waals surface area contributed by atoms with E-state index in [1.54, 1.807) is 0 Å². The van der Waals surface area contributed by atoms with Crippen LogP contribution in [-0.4, -0.2) is 0 Å². The van der Waals surface area contributed by atoms with Crippen LogP contribution in [0, 0.1) is 5.82 Å². The fourth-order valence-electron chi connectivity index (χ4n) is 1.90. The molecule has 3 N–H and O–H groups in total. The molecule has 2 nitrogen and oxygen atoms in total. The number of hydrazine groups is 1. The average Bonchev–Trinajstić information content (AvgIpc) is 2.28. The Hall–Kier alpha value is -0.450. The number of benzene rings is 1. The standard InChI is InChI=1S/C13H20BrFN2/c1-2-3-4-5-6-13(17-16)10-7-11(14)9-12(15)8-10/h7-9,13,17H,2-6,16H2,1H3. The van der Waals surface area contributed by atoms with Crippen LogP contribution in [0.1, 0.15) is 50.6 Å². The van der Waals surface area contributed by atoms with Crippen molar-refractivity contribution in [3.8, 4) is 0 Å². The topological polar surface area (TPSA) is 38.0 Å². The summed E-state index contributed by atoms with van der Waals surface area (Å²) in [5.74, 6) is 5.30. The zero-order valence-electron chi connectivity index (χ0n) is 10.2. The highest BCUT2D eigenvalue weighted by Crippen LogP contribution is 2.23. The van der Waals surface area contributed by atoms with Gasteiger partial charge in [0, 0.05) is 10.5 Å². The van der Waals surface area contributed by atoms with E-state index in [1.165, 1.54) is 31.4 Å². The lowest BCUT2D eigenvalue weighted by atomic mass is 10.0. The first-order valence-electron chi connectivity index (χ1n) is 6.09. The number of nitrogens with one attached hydrogen (secondary N) is 1. The Morgan fingerprint density at radius 2 is 2.06 bits per heavy atom. The summed E-state index contributed by atoms with van der Waals surface area (Å²) in [5.41, 5.74) is 3.66. The van der Waals surface area contributed by atoms with Gasteiger partial charge in [-0.05, 0) is 30.2 Å². The summed E-state index contributed by atoms with van der Waals surface area (Å²) in [5, 5.41) is 0. The van der Waals surface area contributed by atoms with Gasteiger partial charge in [0.2, 0.25) is 0 Å². The second kappa shape index (κ2) is 7.80. The van der Waals surface area contributed by atoms with Crippen molar-refractivity contribution in [3.05, 3.63) is 34.1 Å². The maximum absolute atomic E-state index is 13.3. The van der Waals surface area contributed by atoms with Crippen molar-refractivity contribution in [3.63, 3.8) is 0 Å². The lowest BCUT2D eigenvalue weighted by Crippen LogP contribution is -2.28. The van der Waals surface area contributed by atoms with E-state index >= 15 is 0 Å². The first-order valence-corrected chi connectivity index (χ1v) is 6.88. The molecule has 1 atom stereocenters. The third-order valence-electron chi connectivity index (χ3n) is 2.83. The first kappa shape index (κ1) is 14.6. The minimum absolute atomic E-state index is 0.0267. The van der Waals surface area contributed by atoms with Crippen LogP contribution in [0.2, 0.25) is 0 Å². The lowest BCUT2D eigenvalue weighted by Gasteiger charge is -2.16. The molecule has 96 valence electrons. The van der Waals surface area contributed by atoms with Crippen molar-refractivity contribution in [1.82, 2.24) is 5.43 Å². The molecule has 0 aliphatic carbocycles. The smallest absolute Gasteiger partial charge is 0.124 e. The average molecular weight is 303 g/mol. The Morgan fingerprint density at radius 1 is 1.29 bits per heavy atom. The van der Waals surface area contributed by atoms with Gasteiger partial charge in [0.05, 0.1) is 0 Å². The Labute approximate surface area is 111 Å². The summed E-state index contributed by atoms with van der Waals surface area (Å²) in [7, 11) is 0. The van der Waals surface area contributed by atoms with Crippen LogP contribution in [0.25, 0.3) is 0 Å². The Kier molecular flexibility index (Phi) is 6.70. The molecule has 0 saturated carbocycles. The van der Waals surface area contributed by atoms with Crippen molar-refractivity contribution in [2.75, 3.05) is 0 Å². The van der Waals surface area contributed by atoms with E-state index in [-0.39, 0.29) is 11.9 Å². The molecule has 1 aromatic rings. The second-order valence-electron chi connectivity index (χ2n) is 4.27. The molecule has 1 unspecified atom stereocenters. The van der Waals surface area contributed by atoms with E-state index in [9.17, 15) is 4.39 Å². The lowest BCUT2D eigenvalue weighted by molar-refractivity contribution is 0.479. The molecule has 4 heteroatoms. The molecule has 17 heavy (non-hydrogen) atoms. The van der Waals surface area contributed by atoms with Crippen molar-refractivity contribution < 1.29 is 4.39 Å². The van der Waals surface area contributed by atoms with Crippen LogP contribution < -0.4 is 11.3 Å². The maximum Gasteiger partial charge on any atom is 0.124 e. The SMILES string of the molecule is CCCCCCC(NN)c1cc(F)cc(Br)c1. The van der Waals surface area contributed by atoms with Crippen LogP contribution in [0.4, 0.5) is 4.39 Å². The van der Waals surface area contributed by atoms with Gasteiger partial charge in [-0.1, -0.05) is 48.5 Å². The summed E-state index contributed by atoms with van der Waals surface area (Å²) >= 11 is 3.29. The molecule has 1 rings (SSSR count). The van der Waals surface area contributed by atoms with E-state index in [1.807, 2.05) is 6.07 Å². The first-order chi connectivity index (χ1) is 8.17. The predicted octanol–water partition coefficient (Wildman–Crippen LogP) is 4.06. The molecular weight excluding hydrogens is 283 g/mol. The molecule has 0 spiro atoms. The third kappa shape index (κ3) is 5.15. The molecule has 0 bridgehead atoms. The van der Waals surface area contributed by atoms with Gasteiger partial charge in [0.25, 0.3) is 0 Å². The van der Waals surface area contributed by atoms with Crippen LogP contribution >= 0.6 is 15.9 Å². The molecule has 0 saturated heterocycles. The summed E-state index contributed by atoms with van der Waals surface area (Å²) in [6.45, 7) is 2.18. The zero-order valence-corrected chi connectivity index (χ0v) is 11.8. The van der Waals surface area contributed by atoms with Gasteiger partial charge in [-0.3, -0.25) is 11.3 Å². The number of nitrogens with two attached hydrogens (primary N) is 1. The summed E-state index contributed by atoms with van der Waals surface area (Å²) < 4.78 is 14.0. The van der Waals surface area contributed by atoms with Gasteiger partial charge < -0.3 is 0 Å². The molecule has 0 aliphatic heterocycles. The highest BCUT2D eigenvalue weighted by molar-refractivity contribution is 9.10. The Morgan fingerprint density at radius 3 is 2.65 bits per heavy atom. The molecule has 0 aliphatic rings. The number of unbranched alkanes of at least 4 members (excludes halogenated alkanes) is 3. The van der Waals surface area contributed by atoms with Crippen LogP contribution in [0.5, 0.6) is 0 Å².